The Kier molecular flexibility index (Phi) is 7.24. The third kappa shape index (κ3) is 5.35. The van der Waals surface area contributed by atoms with Crippen LogP contribution in [-0.2, 0) is 20.7 Å². The lowest BCUT2D eigenvalue weighted by molar-refractivity contribution is -0.151. The molecule has 1 aromatic heterocycles. The number of carbonyl (C=O) groups is 3. The van der Waals surface area contributed by atoms with E-state index < -0.39 is 35.4 Å². The van der Waals surface area contributed by atoms with Gasteiger partial charge < -0.3 is 19.5 Å². The zero-order chi connectivity index (χ0) is 25.2. The van der Waals surface area contributed by atoms with E-state index in [1.54, 1.807) is 26.8 Å². The molecule has 1 aliphatic carbocycles. The van der Waals surface area contributed by atoms with Crippen LogP contribution in [-0.4, -0.2) is 42.1 Å². The summed E-state index contributed by atoms with van der Waals surface area (Å²) in [5.41, 5.74) is 0.702. The summed E-state index contributed by atoms with van der Waals surface area (Å²) >= 11 is 0. The van der Waals surface area contributed by atoms with Gasteiger partial charge in [-0.25, -0.2) is 14.2 Å². The number of hydrogen-bond acceptors (Lipinski definition) is 7. The van der Waals surface area contributed by atoms with Crippen molar-refractivity contribution in [2.24, 2.45) is 5.41 Å². The molecule has 34 heavy (non-hydrogen) atoms. The number of benzene rings is 1. The quantitative estimate of drug-likeness (QED) is 0.641. The van der Waals surface area contributed by atoms with Gasteiger partial charge in [-0.2, -0.15) is 0 Å². The van der Waals surface area contributed by atoms with E-state index >= 15 is 0 Å². The second kappa shape index (κ2) is 9.79. The molecule has 2 unspecified atom stereocenters. The molecule has 8 nitrogen and oxygen atoms in total. The number of esters is 2. The average Bonchev–Trinajstić information content (AvgIpc) is 3.07. The van der Waals surface area contributed by atoms with E-state index in [9.17, 15) is 18.8 Å². The first kappa shape index (κ1) is 25.1. The number of carbonyl (C=O) groups excluding carboxylic acids is 3. The van der Waals surface area contributed by atoms with Gasteiger partial charge in [0.25, 0.3) is 5.91 Å². The molecule has 182 valence electrons. The molecule has 9 heteroatoms. The Morgan fingerprint density at radius 1 is 1.21 bits per heavy atom. The molecule has 1 aromatic carbocycles. The molecule has 0 bridgehead atoms. The number of methoxy groups -OCH3 is 1. The highest BCUT2D eigenvalue weighted by atomic mass is 19.1. The van der Waals surface area contributed by atoms with Crippen LogP contribution in [0.25, 0.3) is 0 Å². The van der Waals surface area contributed by atoms with Crippen LogP contribution >= 0.6 is 0 Å². The smallest absolute Gasteiger partial charge is 0.328 e. The number of amides is 1. The first-order chi connectivity index (χ1) is 15.9. The molecule has 0 radical (unpaired) electrons. The second-order valence-corrected chi connectivity index (χ2v) is 9.34. The molecule has 0 saturated carbocycles. The van der Waals surface area contributed by atoms with Crippen molar-refractivity contribution in [1.29, 1.82) is 0 Å². The Labute approximate surface area is 197 Å². The molecule has 1 heterocycles. The van der Waals surface area contributed by atoms with Crippen molar-refractivity contribution in [1.82, 2.24) is 10.3 Å². The van der Waals surface area contributed by atoms with Crippen molar-refractivity contribution in [2.45, 2.75) is 59.1 Å². The number of ether oxygens (including phenoxy) is 3. The Hall–Kier alpha value is -3.49. The van der Waals surface area contributed by atoms with Crippen molar-refractivity contribution >= 4 is 17.8 Å². The fourth-order valence-corrected chi connectivity index (χ4v) is 3.61. The van der Waals surface area contributed by atoms with E-state index in [2.05, 4.69) is 10.3 Å². The molecule has 1 N–H and O–H groups in total. The summed E-state index contributed by atoms with van der Waals surface area (Å²) in [5, 5.41) is 2.54. The first-order valence-corrected chi connectivity index (χ1v) is 11.0. The van der Waals surface area contributed by atoms with Gasteiger partial charge in [0.15, 0.2) is 11.4 Å². The van der Waals surface area contributed by atoms with Crippen LogP contribution in [0, 0.1) is 11.2 Å². The maximum absolute atomic E-state index is 13.5. The van der Waals surface area contributed by atoms with Gasteiger partial charge in [-0.05, 0) is 51.0 Å². The maximum atomic E-state index is 13.5. The Morgan fingerprint density at radius 3 is 2.56 bits per heavy atom. The predicted molar refractivity (Wildman–Crippen MR) is 121 cm³/mol. The van der Waals surface area contributed by atoms with Crippen LogP contribution in [0.2, 0.25) is 0 Å². The minimum absolute atomic E-state index is 0.106. The highest BCUT2D eigenvalue weighted by Crippen LogP contribution is 2.35. The van der Waals surface area contributed by atoms with Gasteiger partial charge in [-0.15, -0.1) is 0 Å². The van der Waals surface area contributed by atoms with Crippen LogP contribution in [0.3, 0.4) is 0 Å². The van der Waals surface area contributed by atoms with Gasteiger partial charge in [-0.1, -0.05) is 13.0 Å². The summed E-state index contributed by atoms with van der Waals surface area (Å²) in [6, 6.07) is 4.97. The normalized spacial score (nSPS) is 18.0. The lowest BCUT2D eigenvalue weighted by Crippen LogP contribution is -2.42. The number of fused-ring (bicyclic) bond motifs is 1. The summed E-state index contributed by atoms with van der Waals surface area (Å²) in [6.45, 7) is 8.40. The third-order valence-corrected chi connectivity index (χ3v) is 5.65. The second-order valence-electron chi connectivity index (χ2n) is 9.34. The van der Waals surface area contributed by atoms with Crippen molar-refractivity contribution in [3.05, 3.63) is 53.1 Å². The number of pyridine rings is 1. The van der Waals surface area contributed by atoms with Crippen LogP contribution < -0.4 is 14.8 Å². The van der Waals surface area contributed by atoms with Gasteiger partial charge in [0, 0.05) is 24.6 Å². The SMILES string of the molecule is COc1ccnc(C(=O)N[C@@H](C)C(=O)OC2Cc3cc(F)ccc3C2C)c1OC(=O)C(C)(C)C. The number of halogens is 1. The monoisotopic (exact) mass is 472 g/mol. The Balaban J connectivity index is 1.71. The zero-order valence-corrected chi connectivity index (χ0v) is 20.1. The molecule has 0 fully saturated rings. The molecule has 0 saturated heterocycles. The lowest BCUT2D eigenvalue weighted by Gasteiger charge is -2.21. The van der Waals surface area contributed by atoms with Crippen LogP contribution in [0.5, 0.6) is 11.5 Å². The molecule has 1 aliphatic rings. The average molecular weight is 473 g/mol. The summed E-state index contributed by atoms with van der Waals surface area (Å²) < 4.78 is 29.8. The minimum atomic E-state index is -1.01. The summed E-state index contributed by atoms with van der Waals surface area (Å²) in [7, 11) is 1.37. The van der Waals surface area contributed by atoms with E-state index in [0.29, 0.717) is 6.42 Å². The van der Waals surface area contributed by atoms with E-state index in [1.165, 1.54) is 38.4 Å². The first-order valence-electron chi connectivity index (χ1n) is 11.0. The fourth-order valence-electron chi connectivity index (χ4n) is 3.61. The molecule has 3 rings (SSSR count). The standard InChI is InChI=1S/C25H29FN2O6/c1-13-17-8-7-16(26)11-15(17)12-19(13)33-23(30)14(2)28-22(29)20-21(18(32-6)9-10-27-20)34-24(31)25(3,4)5/h7-11,13-14,19H,12H2,1-6H3,(H,28,29)/t13?,14-,19?/m0/s1. The Morgan fingerprint density at radius 2 is 1.91 bits per heavy atom. The predicted octanol–water partition coefficient (Wildman–Crippen LogP) is 3.57. The van der Waals surface area contributed by atoms with Crippen molar-refractivity contribution in [3.63, 3.8) is 0 Å². The lowest BCUT2D eigenvalue weighted by atomic mass is 9.97. The number of nitrogens with zero attached hydrogens (tertiary/aromatic N) is 1. The number of hydrogen-bond donors (Lipinski definition) is 1. The molecule has 0 aliphatic heterocycles. The van der Waals surface area contributed by atoms with Crippen molar-refractivity contribution in [2.75, 3.05) is 7.11 Å². The van der Waals surface area contributed by atoms with Gasteiger partial charge in [0.2, 0.25) is 5.75 Å². The molecule has 3 atom stereocenters. The van der Waals surface area contributed by atoms with E-state index in [0.717, 1.165) is 11.1 Å². The van der Waals surface area contributed by atoms with Crippen molar-refractivity contribution in [3.8, 4) is 11.5 Å². The Bertz CT molecular complexity index is 1110. The largest absolute Gasteiger partial charge is 0.493 e. The highest BCUT2D eigenvalue weighted by molar-refractivity contribution is 5.98. The van der Waals surface area contributed by atoms with Gasteiger partial charge >= 0.3 is 11.9 Å². The third-order valence-electron chi connectivity index (χ3n) is 5.65. The summed E-state index contributed by atoms with van der Waals surface area (Å²) in [5.74, 6) is -2.38. The van der Waals surface area contributed by atoms with Gasteiger partial charge in [0.1, 0.15) is 18.0 Å². The molecule has 0 spiro atoms. The summed E-state index contributed by atoms with van der Waals surface area (Å²) in [6.07, 6.45) is 1.26. The molecule has 2 aromatic rings. The van der Waals surface area contributed by atoms with Gasteiger partial charge in [-0.3, -0.25) is 9.59 Å². The molecular formula is C25H29FN2O6. The van der Waals surface area contributed by atoms with Crippen LogP contribution in [0.4, 0.5) is 4.39 Å². The van der Waals surface area contributed by atoms with Crippen molar-refractivity contribution < 1.29 is 33.0 Å². The van der Waals surface area contributed by atoms with E-state index in [1.807, 2.05) is 6.92 Å². The number of aromatic nitrogens is 1. The van der Waals surface area contributed by atoms with Gasteiger partial charge in [0.05, 0.1) is 12.5 Å². The van der Waals surface area contributed by atoms with E-state index in [4.69, 9.17) is 14.2 Å². The highest BCUT2D eigenvalue weighted by Gasteiger charge is 2.34. The topological polar surface area (TPSA) is 104 Å². The minimum Gasteiger partial charge on any atom is -0.493 e. The maximum Gasteiger partial charge on any atom is 0.328 e. The number of nitrogens with one attached hydrogen (secondary N) is 1. The van der Waals surface area contributed by atoms with Crippen LogP contribution in [0.1, 0.15) is 62.2 Å². The zero-order valence-electron chi connectivity index (χ0n) is 20.1. The number of rotatable bonds is 6. The summed E-state index contributed by atoms with van der Waals surface area (Å²) in [4.78, 5) is 42.1. The molecular weight excluding hydrogens is 443 g/mol. The fraction of sp³-hybridized carbons (Fsp3) is 0.440. The van der Waals surface area contributed by atoms with E-state index in [-0.39, 0.29) is 28.9 Å². The molecule has 1 amide bonds. The van der Waals surface area contributed by atoms with Crippen LogP contribution in [0.15, 0.2) is 30.5 Å².